The molecule has 0 saturated carbocycles. The first-order chi connectivity index (χ1) is 18.6. The largest absolute Gasteiger partial charge is 0.465 e. The number of nitrogens with one attached hydrogen (secondary N) is 3. The van der Waals surface area contributed by atoms with Gasteiger partial charge in [-0.3, -0.25) is 19.5 Å². The van der Waals surface area contributed by atoms with Gasteiger partial charge < -0.3 is 20.3 Å². The standard InChI is InChI=1S/C25H23F3N6O5/c1-39-22(37)18-15(20(36)13-8-14-10-32-33-21(14)30-9-13)2-3-16-19(18)24(4-6-29-7-5-24)23(38)34(16)11-17(35)31-12-25(26,27)28/h2-3,8-10,29H,4-7,11-12H2,1H3,(H,31,35)(H,30,32,33). The zero-order valence-corrected chi connectivity index (χ0v) is 20.6. The van der Waals surface area contributed by atoms with Crippen molar-refractivity contribution in [2.75, 3.05) is 38.2 Å². The van der Waals surface area contributed by atoms with E-state index < -0.39 is 48.2 Å². The molecule has 0 radical (unpaired) electrons. The van der Waals surface area contributed by atoms with Gasteiger partial charge in [-0.2, -0.15) is 18.3 Å². The molecule has 2 amide bonds. The number of H-pyrrole nitrogens is 1. The van der Waals surface area contributed by atoms with Gasteiger partial charge in [-0.05, 0) is 44.1 Å². The monoisotopic (exact) mass is 544 g/mol. The highest BCUT2D eigenvalue weighted by Crippen LogP contribution is 2.50. The van der Waals surface area contributed by atoms with E-state index in [-0.39, 0.29) is 40.8 Å². The van der Waals surface area contributed by atoms with Gasteiger partial charge >= 0.3 is 12.1 Å². The summed E-state index contributed by atoms with van der Waals surface area (Å²) in [6.07, 6.45) is -1.32. The van der Waals surface area contributed by atoms with Crippen LogP contribution >= 0.6 is 0 Å². The van der Waals surface area contributed by atoms with Crippen molar-refractivity contribution in [3.63, 3.8) is 0 Å². The Bertz CT molecular complexity index is 1500. The number of hydrogen-bond donors (Lipinski definition) is 3. The predicted octanol–water partition coefficient (Wildman–Crippen LogP) is 1.62. The zero-order valence-electron chi connectivity index (χ0n) is 20.6. The van der Waals surface area contributed by atoms with Crippen LogP contribution in [-0.2, 0) is 19.7 Å². The van der Waals surface area contributed by atoms with E-state index in [2.05, 4.69) is 20.5 Å². The molecule has 2 aliphatic rings. The number of amides is 2. The van der Waals surface area contributed by atoms with Gasteiger partial charge in [0.1, 0.15) is 13.1 Å². The number of carbonyl (C=O) groups is 4. The second kappa shape index (κ2) is 9.76. The molecule has 1 saturated heterocycles. The molecule has 0 bridgehead atoms. The number of ketones is 1. The summed E-state index contributed by atoms with van der Waals surface area (Å²) in [6.45, 7) is -1.43. The van der Waals surface area contributed by atoms with E-state index in [1.807, 2.05) is 0 Å². The summed E-state index contributed by atoms with van der Waals surface area (Å²) < 4.78 is 43.0. The summed E-state index contributed by atoms with van der Waals surface area (Å²) in [5.74, 6) is -2.96. The number of rotatable bonds is 6. The molecule has 0 atom stereocenters. The average Bonchev–Trinajstić information content (AvgIpc) is 3.48. The van der Waals surface area contributed by atoms with Crippen LogP contribution in [0.25, 0.3) is 11.0 Å². The predicted molar refractivity (Wildman–Crippen MR) is 130 cm³/mol. The number of aromatic nitrogens is 3. The minimum absolute atomic E-state index is 0.0284. The van der Waals surface area contributed by atoms with Gasteiger partial charge in [0.25, 0.3) is 0 Å². The SMILES string of the molecule is COC(=O)c1c(C(=O)c2cnc3[nH]ncc3c2)ccc2c1C1(CCNCC1)C(=O)N2CC(=O)NCC(F)(F)F. The number of nitrogens with zero attached hydrogens (tertiary/aromatic N) is 3. The Morgan fingerprint density at radius 3 is 2.62 bits per heavy atom. The molecule has 3 aromatic rings. The van der Waals surface area contributed by atoms with E-state index in [9.17, 15) is 32.3 Å². The number of alkyl halides is 3. The highest BCUT2D eigenvalue weighted by Gasteiger charge is 2.54. The molecule has 0 aliphatic carbocycles. The lowest BCUT2D eigenvalue weighted by Crippen LogP contribution is -2.50. The van der Waals surface area contributed by atoms with Gasteiger partial charge in [0, 0.05) is 34.0 Å². The first-order valence-corrected chi connectivity index (χ1v) is 12.0. The smallest absolute Gasteiger partial charge is 0.405 e. The van der Waals surface area contributed by atoms with Crippen LogP contribution < -0.4 is 15.5 Å². The number of piperidine rings is 1. The van der Waals surface area contributed by atoms with Gasteiger partial charge in [-0.25, -0.2) is 9.78 Å². The fraction of sp³-hybridized carbons (Fsp3) is 0.360. The van der Waals surface area contributed by atoms with E-state index in [4.69, 9.17) is 4.74 Å². The molecule has 11 nitrogen and oxygen atoms in total. The fourth-order valence-corrected chi connectivity index (χ4v) is 5.27. The number of hydrogen-bond acceptors (Lipinski definition) is 8. The lowest BCUT2D eigenvalue weighted by atomic mass is 9.71. The van der Waals surface area contributed by atoms with E-state index in [0.29, 0.717) is 24.1 Å². The van der Waals surface area contributed by atoms with Crippen LogP contribution in [0, 0.1) is 0 Å². The number of carbonyl (C=O) groups excluding carboxylic acids is 4. The summed E-state index contributed by atoms with van der Waals surface area (Å²) in [6, 6.07) is 4.34. The third-order valence-corrected chi connectivity index (χ3v) is 7.04. The second-order valence-corrected chi connectivity index (χ2v) is 9.35. The van der Waals surface area contributed by atoms with Crippen LogP contribution in [0.3, 0.4) is 0 Å². The summed E-state index contributed by atoms with van der Waals surface area (Å²) in [5.41, 5.74) is -0.400. The van der Waals surface area contributed by atoms with Crippen LogP contribution in [0.2, 0.25) is 0 Å². The molecule has 5 rings (SSSR count). The average molecular weight is 544 g/mol. The van der Waals surface area contributed by atoms with Gasteiger partial charge in [0.05, 0.1) is 24.3 Å². The zero-order chi connectivity index (χ0) is 27.9. The fourth-order valence-electron chi connectivity index (χ4n) is 5.27. The number of pyridine rings is 1. The molecule has 204 valence electrons. The topological polar surface area (TPSA) is 146 Å². The number of methoxy groups -OCH3 is 1. The number of ether oxygens (including phenoxy) is 1. The summed E-state index contributed by atoms with van der Waals surface area (Å²) in [5, 5.41) is 12.1. The minimum Gasteiger partial charge on any atom is -0.465 e. The summed E-state index contributed by atoms with van der Waals surface area (Å²) >= 11 is 0. The Balaban J connectivity index is 1.63. The Morgan fingerprint density at radius 2 is 1.92 bits per heavy atom. The number of anilines is 1. The third kappa shape index (κ3) is 4.60. The molecule has 2 aromatic heterocycles. The van der Waals surface area contributed by atoms with Crippen molar-refractivity contribution in [2.24, 2.45) is 0 Å². The number of aromatic amines is 1. The molecule has 1 fully saturated rings. The highest BCUT2D eigenvalue weighted by atomic mass is 19.4. The Morgan fingerprint density at radius 1 is 1.18 bits per heavy atom. The number of fused-ring (bicyclic) bond motifs is 3. The first-order valence-electron chi connectivity index (χ1n) is 12.0. The molecular formula is C25H23F3N6O5. The molecule has 4 heterocycles. The first kappa shape index (κ1) is 26.3. The van der Waals surface area contributed by atoms with Gasteiger partial charge in [-0.15, -0.1) is 0 Å². The lowest BCUT2D eigenvalue weighted by molar-refractivity contribution is -0.138. The van der Waals surface area contributed by atoms with E-state index >= 15 is 0 Å². The van der Waals surface area contributed by atoms with Crippen molar-refractivity contribution in [1.82, 2.24) is 25.8 Å². The second-order valence-electron chi connectivity index (χ2n) is 9.35. The molecule has 1 spiro atoms. The van der Waals surface area contributed by atoms with Crippen LogP contribution in [0.5, 0.6) is 0 Å². The summed E-state index contributed by atoms with van der Waals surface area (Å²) in [4.78, 5) is 58.4. The molecule has 39 heavy (non-hydrogen) atoms. The maximum atomic E-state index is 13.8. The maximum Gasteiger partial charge on any atom is 0.405 e. The van der Waals surface area contributed by atoms with Crippen molar-refractivity contribution in [1.29, 1.82) is 0 Å². The Hall–Kier alpha value is -4.33. The number of esters is 1. The number of halogens is 3. The van der Waals surface area contributed by atoms with Crippen LogP contribution in [0.1, 0.15) is 44.7 Å². The number of benzene rings is 1. The third-order valence-electron chi connectivity index (χ3n) is 7.04. The molecule has 3 N–H and O–H groups in total. The van der Waals surface area contributed by atoms with E-state index in [0.717, 1.165) is 12.0 Å². The maximum absolute atomic E-state index is 13.8. The van der Waals surface area contributed by atoms with Gasteiger partial charge in [0.2, 0.25) is 11.8 Å². The van der Waals surface area contributed by atoms with Crippen molar-refractivity contribution in [2.45, 2.75) is 24.4 Å². The lowest BCUT2D eigenvalue weighted by Gasteiger charge is -2.34. The van der Waals surface area contributed by atoms with Crippen LogP contribution in [-0.4, -0.2) is 78.2 Å². The van der Waals surface area contributed by atoms with Gasteiger partial charge in [-0.1, -0.05) is 0 Å². The van der Waals surface area contributed by atoms with E-state index in [1.54, 1.807) is 11.4 Å². The molecular weight excluding hydrogens is 521 g/mol. The van der Waals surface area contributed by atoms with Crippen molar-refractivity contribution >= 4 is 40.3 Å². The molecule has 14 heteroatoms. The van der Waals surface area contributed by atoms with Crippen molar-refractivity contribution < 1.29 is 37.1 Å². The minimum atomic E-state index is -4.62. The van der Waals surface area contributed by atoms with Crippen molar-refractivity contribution in [3.05, 3.63) is 52.8 Å². The molecule has 1 aromatic carbocycles. The normalized spacial score (nSPS) is 16.4. The quantitative estimate of drug-likeness (QED) is 0.314. The van der Waals surface area contributed by atoms with Gasteiger partial charge in [0.15, 0.2) is 11.4 Å². The van der Waals surface area contributed by atoms with Crippen LogP contribution in [0.4, 0.5) is 18.9 Å². The Kier molecular flexibility index (Phi) is 6.58. The van der Waals surface area contributed by atoms with E-state index in [1.165, 1.54) is 24.5 Å². The molecule has 2 aliphatic heterocycles. The summed E-state index contributed by atoms with van der Waals surface area (Å²) in [7, 11) is 1.14. The van der Waals surface area contributed by atoms with Crippen molar-refractivity contribution in [3.8, 4) is 0 Å². The van der Waals surface area contributed by atoms with Crippen LogP contribution in [0.15, 0.2) is 30.6 Å². The molecule has 0 unspecified atom stereocenters. The highest BCUT2D eigenvalue weighted by molar-refractivity contribution is 6.20. The Labute approximate surface area is 219 Å².